The molecule has 2 heterocycles. The highest BCUT2D eigenvalue weighted by molar-refractivity contribution is 5.86. The molecule has 2 atom stereocenters. The van der Waals surface area contributed by atoms with Crippen LogP contribution < -0.4 is 9.47 Å². The molecule has 0 aromatic heterocycles. The van der Waals surface area contributed by atoms with Crippen LogP contribution in [0.15, 0.2) is 78.9 Å². The molecular weight excluding hydrogens is 580 g/mol. The highest BCUT2D eigenvalue weighted by Gasteiger charge is 2.46. The van der Waals surface area contributed by atoms with E-state index >= 15 is 0 Å². The maximum absolute atomic E-state index is 6.66. The van der Waals surface area contributed by atoms with Gasteiger partial charge in [-0.3, -0.25) is 0 Å². The van der Waals surface area contributed by atoms with Crippen molar-refractivity contribution < 1.29 is 18.9 Å². The molecule has 0 radical (unpaired) electrons. The van der Waals surface area contributed by atoms with Gasteiger partial charge in [-0.1, -0.05) is 113 Å². The Kier molecular flexibility index (Phi) is 9.70. The monoisotopic (exact) mass is 630 g/mol. The molecule has 2 fully saturated rings. The molecule has 246 valence electrons. The van der Waals surface area contributed by atoms with E-state index in [0.29, 0.717) is 13.2 Å². The van der Waals surface area contributed by atoms with Gasteiger partial charge in [0.25, 0.3) is 0 Å². The fourth-order valence-corrected chi connectivity index (χ4v) is 7.49. The molecule has 1 aliphatic carbocycles. The van der Waals surface area contributed by atoms with Crippen molar-refractivity contribution in [2.24, 2.45) is 0 Å². The first-order chi connectivity index (χ1) is 23.2. The van der Waals surface area contributed by atoms with Gasteiger partial charge in [-0.15, -0.1) is 0 Å². The first-order valence-corrected chi connectivity index (χ1v) is 18.1. The molecule has 47 heavy (non-hydrogen) atoms. The van der Waals surface area contributed by atoms with E-state index in [1.807, 2.05) is 0 Å². The molecule has 7 rings (SSSR count). The van der Waals surface area contributed by atoms with Gasteiger partial charge in [0.15, 0.2) is 0 Å². The normalized spacial score (nSPS) is 18.4. The Bertz CT molecular complexity index is 1610. The molecular formula is C43H50O4. The molecule has 0 N–H and O–H groups in total. The van der Waals surface area contributed by atoms with Gasteiger partial charge in [-0.25, -0.2) is 0 Å². The predicted octanol–water partition coefficient (Wildman–Crippen LogP) is 9.63. The Morgan fingerprint density at radius 1 is 0.596 bits per heavy atom. The van der Waals surface area contributed by atoms with Crippen LogP contribution in [0.3, 0.4) is 0 Å². The van der Waals surface area contributed by atoms with Crippen molar-refractivity contribution in [2.75, 3.05) is 26.4 Å². The summed E-state index contributed by atoms with van der Waals surface area (Å²) in [6, 6.07) is 30.2. The second-order valence-electron chi connectivity index (χ2n) is 13.6. The Hall–Kier alpha value is -3.60. The number of hydrogen-bond donors (Lipinski definition) is 0. The molecule has 4 aromatic rings. The highest BCUT2D eigenvalue weighted by atomic mass is 16.6. The minimum atomic E-state index is -0.466. The molecule has 4 nitrogen and oxygen atoms in total. The molecule has 2 aliphatic heterocycles. The second-order valence-corrected chi connectivity index (χ2v) is 13.6. The van der Waals surface area contributed by atoms with Crippen LogP contribution in [0.2, 0.25) is 0 Å². The first kappa shape index (κ1) is 32.0. The fourth-order valence-electron chi connectivity index (χ4n) is 7.49. The molecule has 0 amide bonds. The zero-order valence-corrected chi connectivity index (χ0v) is 28.5. The SMILES string of the molecule is CCCCc1cc(C2(c3cc(CCCC)c(OCC4CO4)c(CCCC)c3)c3ccccc3-c3ccccc32)ccc1OCC1CO1. The quantitative estimate of drug-likeness (QED) is 0.0960. The van der Waals surface area contributed by atoms with E-state index in [1.54, 1.807) is 0 Å². The van der Waals surface area contributed by atoms with Crippen molar-refractivity contribution in [3.8, 4) is 22.6 Å². The number of rotatable bonds is 17. The summed E-state index contributed by atoms with van der Waals surface area (Å²) >= 11 is 0. The van der Waals surface area contributed by atoms with Crippen molar-refractivity contribution in [3.63, 3.8) is 0 Å². The lowest BCUT2D eigenvalue weighted by Crippen LogP contribution is -2.29. The van der Waals surface area contributed by atoms with Gasteiger partial charge in [0, 0.05) is 0 Å². The third kappa shape index (κ3) is 6.47. The number of unbranched alkanes of at least 4 members (excludes halogenated alkanes) is 3. The average molecular weight is 631 g/mol. The zero-order valence-electron chi connectivity index (χ0n) is 28.5. The predicted molar refractivity (Wildman–Crippen MR) is 190 cm³/mol. The molecule has 3 aliphatic rings. The number of epoxide rings is 2. The Balaban J connectivity index is 1.47. The summed E-state index contributed by atoms with van der Waals surface area (Å²) < 4.78 is 24.1. The van der Waals surface area contributed by atoms with E-state index < -0.39 is 5.41 Å². The minimum absolute atomic E-state index is 0.224. The van der Waals surface area contributed by atoms with Crippen LogP contribution in [-0.4, -0.2) is 38.6 Å². The lowest BCUT2D eigenvalue weighted by atomic mass is 9.66. The van der Waals surface area contributed by atoms with Crippen molar-refractivity contribution in [2.45, 2.75) is 96.2 Å². The number of benzene rings is 4. The Labute approximate surface area is 281 Å². The van der Waals surface area contributed by atoms with E-state index in [9.17, 15) is 0 Å². The summed E-state index contributed by atoms with van der Waals surface area (Å²) in [6.07, 6.45) is 10.3. The summed E-state index contributed by atoms with van der Waals surface area (Å²) in [7, 11) is 0. The summed E-state index contributed by atoms with van der Waals surface area (Å²) in [5.74, 6) is 2.08. The third-order valence-electron chi connectivity index (χ3n) is 10.2. The van der Waals surface area contributed by atoms with Gasteiger partial charge in [0.1, 0.15) is 36.9 Å². The third-order valence-corrected chi connectivity index (χ3v) is 10.2. The zero-order chi connectivity index (χ0) is 32.2. The Morgan fingerprint density at radius 2 is 1.09 bits per heavy atom. The topological polar surface area (TPSA) is 43.5 Å². The summed E-state index contributed by atoms with van der Waals surface area (Å²) in [5.41, 5.74) is 11.5. The van der Waals surface area contributed by atoms with E-state index in [0.717, 1.165) is 82.5 Å². The number of fused-ring (bicyclic) bond motifs is 3. The molecule has 2 saturated heterocycles. The van der Waals surface area contributed by atoms with Gasteiger partial charge in [0.05, 0.1) is 18.6 Å². The van der Waals surface area contributed by atoms with Gasteiger partial charge in [-0.05, 0) is 94.7 Å². The first-order valence-electron chi connectivity index (χ1n) is 18.1. The van der Waals surface area contributed by atoms with Crippen molar-refractivity contribution in [1.29, 1.82) is 0 Å². The second kappa shape index (κ2) is 14.3. The molecule has 0 spiro atoms. The summed E-state index contributed by atoms with van der Waals surface area (Å²) in [4.78, 5) is 0. The highest BCUT2D eigenvalue weighted by Crippen LogP contribution is 2.57. The summed E-state index contributed by atoms with van der Waals surface area (Å²) in [5, 5.41) is 0. The van der Waals surface area contributed by atoms with Crippen LogP contribution in [0.4, 0.5) is 0 Å². The van der Waals surface area contributed by atoms with Gasteiger partial charge in [-0.2, -0.15) is 0 Å². The van der Waals surface area contributed by atoms with E-state index in [2.05, 4.69) is 99.6 Å². The lowest BCUT2D eigenvalue weighted by Gasteiger charge is -2.35. The summed E-state index contributed by atoms with van der Waals surface area (Å²) in [6.45, 7) is 9.67. The van der Waals surface area contributed by atoms with Crippen LogP contribution in [0.5, 0.6) is 11.5 Å². The largest absolute Gasteiger partial charge is 0.491 e. The minimum Gasteiger partial charge on any atom is -0.491 e. The van der Waals surface area contributed by atoms with Gasteiger partial charge in [0.2, 0.25) is 0 Å². The van der Waals surface area contributed by atoms with Crippen LogP contribution in [0.1, 0.15) is 98.2 Å². The van der Waals surface area contributed by atoms with Gasteiger partial charge < -0.3 is 18.9 Å². The number of aryl methyl sites for hydroxylation is 3. The van der Waals surface area contributed by atoms with Crippen LogP contribution in [0.25, 0.3) is 11.1 Å². The van der Waals surface area contributed by atoms with Crippen molar-refractivity contribution in [3.05, 3.63) is 118 Å². The standard InChI is InChI=1S/C43H50O4/c1-4-7-14-30-23-33(21-22-41(30)46-28-35-26-44-35)43(39-19-12-10-17-37(39)38-18-11-13-20-40(38)43)34-24-31(15-8-5-2)42(47-29-36-27-45-36)32(25-34)16-9-6-3/h10-13,17-25,35-36H,4-9,14-16,26-29H2,1-3H3. The van der Waals surface area contributed by atoms with Crippen molar-refractivity contribution >= 4 is 0 Å². The molecule has 0 bridgehead atoms. The molecule has 4 heteroatoms. The van der Waals surface area contributed by atoms with E-state index in [1.165, 1.54) is 50.1 Å². The maximum Gasteiger partial charge on any atom is 0.125 e. The molecule has 4 aromatic carbocycles. The fraction of sp³-hybridized carbons (Fsp3) is 0.442. The van der Waals surface area contributed by atoms with Crippen LogP contribution >= 0.6 is 0 Å². The van der Waals surface area contributed by atoms with E-state index in [-0.39, 0.29) is 12.2 Å². The van der Waals surface area contributed by atoms with Crippen molar-refractivity contribution in [1.82, 2.24) is 0 Å². The van der Waals surface area contributed by atoms with E-state index in [4.69, 9.17) is 18.9 Å². The van der Waals surface area contributed by atoms with Crippen LogP contribution in [0, 0.1) is 0 Å². The van der Waals surface area contributed by atoms with Gasteiger partial charge >= 0.3 is 0 Å². The Morgan fingerprint density at radius 3 is 1.62 bits per heavy atom. The maximum atomic E-state index is 6.66. The lowest BCUT2D eigenvalue weighted by molar-refractivity contribution is 0.258. The average Bonchev–Trinajstić information content (AvgIpc) is 4.05. The molecule has 0 saturated carbocycles. The van der Waals surface area contributed by atoms with Crippen LogP contribution in [-0.2, 0) is 34.2 Å². The number of ether oxygens (including phenoxy) is 4. The number of hydrogen-bond acceptors (Lipinski definition) is 4. The molecule has 2 unspecified atom stereocenters. The smallest absolute Gasteiger partial charge is 0.125 e.